The predicted molar refractivity (Wildman–Crippen MR) is 349 cm³/mol. The highest BCUT2D eigenvalue weighted by atomic mass is 31.2. The molecule has 0 aliphatic carbocycles. The first kappa shape index (κ1) is 85.1. The summed E-state index contributed by atoms with van der Waals surface area (Å²) in [5, 5.41) is 10.5. The second-order valence-corrected chi connectivity index (χ2v) is 27.9. The smallest absolute Gasteiger partial charge is 0.462 e. The van der Waals surface area contributed by atoms with E-state index in [1.54, 1.807) is 0 Å². The van der Waals surface area contributed by atoms with E-state index in [2.05, 4.69) is 34.6 Å². The molecular formula is C68H132O17P2. The third-order valence-corrected chi connectivity index (χ3v) is 17.7. The number of carbonyl (C=O) groups is 4. The quantitative estimate of drug-likeness (QED) is 0.0222. The van der Waals surface area contributed by atoms with E-state index in [9.17, 15) is 43.2 Å². The van der Waals surface area contributed by atoms with Crippen LogP contribution in [0.1, 0.15) is 349 Å². The van der Waals surface area contributed by atoms with Gasteiger partial charge >= 0.3 is 39.5 Å². The van der Waals surface area contributed by atoms with Crippen molar-refractivity contribution < 1.29 is 80.2 Å². The van der Waals surface area contributed by atoms with E-state index in [0.717, 1.165) is 109 Å². The van der Waals surface area contributed by atoms with Gasteiger partial charge in [-0.2, -0.15) is 0 Å². The van der Waals surface area contributed by atoms with Crippen LogP contribution in [0.15, 0.2) is 0 Å². The second-order valence-electron chi connectivity index (χ2n) is 25.0. The molecule has 0 amide bonds. The highest BCUT2D eigenvalue weighted by Gasteiger charge is 2.30. The molecular weight excluding hydrogens is 1150 g/mol. The van der Waals surface area contributed by atoms with Crippen LogP contribution in [0.4, 0.5) is 0 Å². The Hall–Kier alpha value is -1.94. The largest absolute Gasteiger partial charge is 0.472 e. The summed E-state index contributed by atoms with van der Waals surface area (Å²) in [6.07, 6.45) is 47.4. The number of aliphatic hydroxyl groups excluding tert-OH is 1. The maximum Gasteiger partial charge on any atom is 0.472 e. The van der Waals surface area contributed by atoms with E-state index in [4.69, 9.17) is 37.0 Å². The number of ether oxygens (including phenoxy) is 4. The first-order chi connectivity index (χ1) is 42.0. The van der Waals surface area contributed by atoms with Crippen LogP contribution in [-0.2, 0) is 65.4 Å². The van der Waals surface area contributed by atoms with E-state index in [0.29, 0.717) is 25.7 Å². The molecule has 0 rings (SSSR count). The van der Waals surface area contributed by atoms with Crippen LogP contribution in [0.25, 0.3) is 0 Å². The molecule has 0 aromatic rings. The van der Waals surface area contributed by atoms with Gasteiger partial charge in [-0.1, -0.05) is 298 Å². The molecule has 0 saturated carbocycles. The lowest BCUT2D eigenvalue weighted by atomic mass is 10.0. The molecule has 0 heterocycles. The van der Waals surface area contributed by atoms with Crippen molar-refractivity contribution in [1.29, 1.82) is 0 Å². The molecule has 0 bridgehead atoms. The average molecular weight is 1280 g/mol. The normalized spacial score (nSPS) is 14.1. The van der Waals surface area contributed by atoms with Crippen LogP contribution < -0.4 is 0 Å². The minimum Gasteiger partial charge on any atom is -0.462 e. The highest BCUT2D eigenvalue weighted by molar-refractivity contribution is 7.47. The van der Waals surface area contributed by atoms with Crippen molar-refractivity contribution in [2.75, 3.05) is 39.6 Å². The zero-order chi connectivity index (χ0) is 64.2. The lowest BCUT2D eigenvalue weighted by Crippen LogP contribution is -2.30. The Balaban J connectivity index is 5.16. The zero-order valence-corrected chi connectivity index (χ0v) is 57.9. The zero-order valence-electron chi connectivity index (χ0n) is 56.2. The van der Waals surface area contributed by atoms with Crippen molar-refractivity contribution >= 4 is 39.5 Å². The molecule has 0 saturated heterocycles. The summed E-state index contributed by atoms with van der Waals surface area (Å²) in [6.45, 7) is 7.15. The van der Waals surface area contributed by atoms with Gasteiger partial charge in [-0.25, -0.2) is 9.13 Å². The van der Waals surface area contributed by atoms with Crippen LogP contribution in [0.2, 0.25) is 0 Å². The van der Waals surface area contributed by atoms with Gasteiger partial charge in [-0.15, -0.1) is 0 Å². The van der Waals surface area contributed by atoms with E-state index in [1.807, 2.05) is 0 Å². The van der Waals surface area contributed by atoms with Crippen molar-refractivity contribution in [3.8, 4) is 0 Å². The van der Waals surface area contributed by atoms with Gasteiger partial charge in [0.15, 0.2) is 12.2 Å². The van der Waals surface area contributed by atoms with Crippen LogP contribution in [-0.4, -0.2) is 96.7 Å². The Morgan fingerprint density at radius 1 is 0.310 bits per heavy atom. The number of hydrogen-bond donors (Lipinski definition) is 3. The second kappa shape index (κ2) is 61.6. The molecule has 0 aromatic carbocycles. The third-order valence-electron chi connectivity index (χ3n) is 15.8. The Morgan fingerprint density at radius 3 is 0.782 bits per heavy atom. The maximum atomic E-state index is 13.0. The molecule has 516 valence electrons. The van der Waals surface area contributed by atoms with Gasteiger partial charge in [0, 0.05) is 25.7 Å². The number of hydrogen-bond acceptors (Lipinski definition) is 15. The lowest BCUT2D eigenvalue weighted by molar-refractivity contribution is -0.161. The number of phosphoric acid groups is 2. The molecule has 2 unspecified atom stereocenters. The minimum absolute atomic E-state index is 0.105. The van der Waals surface area contributed by atoms with Gasteiger partial charge in [0.1, 0.15) is 19.3 Å². The molecule has 0 fully saturated rings. The number of carbonyl (C=O) groups excluding carboxylic acids is 4. The number of aliphatic hydroxyl groups is 1. The van der Waals surface area contributed by atoms with Gasteiger partial charge in [0.25, 0.3) is 0 Å². The predicted octanol–water partition coefficient (Wildman–Crippen LogP) is 19.4. The summed E-state index contributed by atoms with van der Waals surface area (Å²) < 4.78 is 68.0. The first-order valence-corrected chi connectivity index (χ1v) is 38.6. The molecule has 87 heavy (non-hydrogen) atoms. The van der Waals surface area contributed by atoms with Crippen LogP contribution >= 0.6 is 15.6 Å². The summed E-state index contributed by atoms with van der Waals surface area (Å²) in [7, 11) is -9.89. The molecule has 0 spiro atoms. The number of phosphoric ester groups is 2. The van der Waals surface area contributed by atoms with Gasteiger partial charge < -0.3 is 33.8 Å². The minimum atomic E-state index is -4.95. The molecule has 0 aromatic heterocycles. The fraction of sp³-hybridized carbons (Fsp3) is 0.941. The summed E-state index contributed by atoms with van der Waals surface area (Å²) in [5.41, 5.74) is 0. The summed E-state index contributed by atoms with van der Waals surface area (Å²) in [6, 6.07) is 0. The summed E-state index contributed by atoms with van der Waals surface area (Å²) in [5.74, 6) is -1.39. The van der Waals surface area contributed by atoms with E-state index in [-0.39, 0.29) is 25.7 Å². The molecule has 5 atom stereocenters. The van der Waals surface area contributed by atoms with E-state index >= 15 is 0 Å². The Morgan fingerprint density at radius 2 is 0.529 bits per heavy atom. The number of unbranched alkanes of at least 4 members (excludes halogenated alkanes) is 40. The van der Waals surface area contributed by atoms with Crippen molar-refractivity contribution in [1.82, 2.24) is 0 Å². The monoisotopic (exact) mass is 1280 g/mol. The third kappa shape index (κ3) is 62.6. The van der Waals surface area contributed by atoms with Gasteiger partial charge in [0.2, 0.25) is 0 Å². The fourth-order valence-corrected chi connectivity index (χ4v) is 11.9. The lowest BCUT2D eigenvalue weighted by Gasteiger charge is -2.21. The molecule has 3 N–H and O–H groups in total. The molecule has 0 aliphatic heterocycles. The summed E-state index contributed by atoms with van der Waals surface area (Å²) in [4.78, 5) is 72.2. The Kier molecular flexibility index (Phi) is 60.2. The molecule has 19 heteroatoms. The average Bonchev–Trinajstić information content (AvgIpc) is 3.69. The van der Waals surface area contributed by atoms with E-state index < -0.39 is 97.5 Å². The Bertz CT molecular complexity index is 1690. The van der Waals surface area contributed by atoms with Crippen LogP contribution in [0.3, 0.4) is 0 Å². The number of esters is 4. The Labute approximate surface area is 530 Å². The SMILES string of the molecule is CCCCCCCCCCCCCCCCCCCCCC(=O)O[C@H](COC(=O)CCCCCCCCCCCC(C)C)COP(=O)(O)OC[C@@H](O)COP(=O)(O)OC[C@@H](COC(=O)CCCCCCCCC)OC(=O)CCCCCCCCCCC. The molecule has 17 nitrogen and oxygen atoms in total. The highest BCUT2D eigenvalue weighted by Crippen LogP contribution is 2.45. The van der Waals surface area contributed by atoms with Crippen molar-refractivity contribution in [3.63, 3.8) is 0 Å². The van der Waals surface area contributed by atoms with Gasteiger partial charge in [0.05, 0.1) is 26.4 Å². The van der Waals surface area contributed by atoms with Crippen LogP contribution in [0, 0.1) is 5.92 Å². The first-order valence-electron chi connectivity index (χ1n) is 35.6. The fourth-order valence-electron chi connectivity index (χ4n) is 10.3. The molecule has 0 radical (unpaired) electrons. The van der Waals surface area contributed by atoms with Gasteiger partial charge in [-0.05, 0) is 31.6 Å². The topological polar surface area (TPSA) is 237 Å². The maximum absolute atomic E-state index is 13.0. The van der Waals surface area contributed by atoms with Crippen molar-refractivity contribution in [2.24, 2.45) is 5.92 Å². The summed E-state index contributed by atoms with van der Waals surface area (Å²) >= 11 is 0. The van der Waals surface area contributed by atoms with Crippen molar-refractivity contribution in [2.45, 2.75) is 368 Å². The van der Waals surface area contributed by atoms with Crippen LogP contribution in [0.5, 0.6) is 0 Å². The molecule has 0 aliphatic rings. The van der Waals surface area contributed by atoms with Gasteiger partial charge in [-0.3, -0.25) is 37.3 Å². The van der Waals surface area contributed by atoms with E-state index in [1.165, 1.54) is 161 Å². The van der Waals surface area contributed by atoms with Crippen molar-refractivity contribution in [3.05, 3.63) is 0 Å². The number of rotatable bonds is 68. The standard InChI is InChI=1S/C68H132O17P2/c1-6-9-12-15-18-20-21-22-23-24-25-26-27-28-29-33-39-44-49-54-68(73)85-64(58-79-66(71)52-47-42-37-34-30-32-36-40-45-50-61(4)5)60-83-87(76,77)81-56-62(69)55-80-86(74,75)82-59-63(57-78-65(70)51-46-41-35-17-14-11-8-3)84-67(72)53-48-43-38-31-19-16-13-10-7-2/h61-64,69H,6-60H2,1-5H3,(H,74,75)(H,76,77)/t62-,63+,64+/m0/s1.